The van der Waals surface area contributed by atoms with Crippen LogP contribution in [0.15, 0.2) is 29.6 Å². The number of benzene rings is 1. The molecule has 0 radical (unpaired) electrons. The van der Waals surface area contributed by atoms with Crippen LogP contribution in [0, 0.1) is 5.92 Å². The lowest BCUT2D eigenvalue weighted by molar-refractivity contribution is -0.141. The highest BCUT2D eigenvalue weighted by atomic mass is 16.7. The number of anilines is 1. The quantitative estimate of drug-likeness (QED) is 0.482. The van der Waals surface area contributed by atoms with Gasteiger partial charge in [-0.15, -0.1) is 0 Å². The zero-order valence-electron chi connectivity index (χ0n) is 18.6. The molecule has 0 bridgehead atoms. The minimum Gasteiger partial charge on any atom is -0.496 e. The van der Waals surface area contributed by atoms with E-state index in [-0.39, 0.29) is 23.6 Å². The van der Waals surface area contributed by atoms with E-state index in [9.17, 15) is 14.4 Å². The Morgan fingerprint density at radius 2 is 1.84 bits per heavy atom. The molecule has 0 aromatic heterocycles. The van der Waals surface area contributed by atoms with Gasteiger partial charge in [0, 0.05) is 51.4 Å². The normalized spacial score (nSPS) is 19.2. The fourth-order valence-electron chi connectivity index (χ4n) is 4.27. The van der Waals surface area contributed by atoms with E-state index in [4.69, 9.17) is 14.2 Å². The summed E-state index contributed by atoms with van der Waals surface area (Å²) in [5.41, 5.74) is 1.73. The van der Waals surface area contributed by atoms with Gasteiger partial charge in [-0.05, 0) is 31.4 Å². The Bertz CT molecular complexity index is 924. The highest BCUT2D eigenvalue weighted by molar-refractivity contribution is 5.98. The minimum atomic E-state index is -0.560. The number of hydrogen-bond acceptors (Lipinski definition) is 8. The van der Waals surface area contributed by atoms with Crippen LogP contribution in [-0.2, 0) is 19.1 Å². The van der Waals surface area contributed by atoms with Gasteiger partial charge in [0.1, 0.15) is 29.0 Å². The molecule has 9 heteroatoms. The molecule has 0 saturated carbocycles. The summed E-state index contributed by atoms with van der Waals surface area (Å²) in [7, 11) is 4.83. The van der Waals surface area contributed by atoms with E-state index in [1.54, 1.807) is 32.2 Å². The Kier molecular flexibility index (Phi) is 8.09. The Hall–Kier alpha value is -3.09. The Labute approximate surface area is 187 Å². The summed E-state index contributed by atoms with van der Waals surface area (Å²) < 4.78 is 16.3. The molecular weight excluding hydrogens is 414 g/mol. The van der Waals surface area contributed by atoms with Crippen LogP contribution in [0.3, 0.4) is 0 Å². The summed E-state index contributed by atoms with van der Waals surface area (Å²) >= 11 is 0. The number of rotatable bonds is 7. The van der Waals surface area contributed by atoms with Crippen LogP contribution >= 0.6 is 0 Å². The molecule has 2 N–H and O–H groups in total. The van der Waals surface area contributed by atoms with Crippen molar-refractivity contribution in [1.29, 1.82) is 0 Å². The van der Waals surface area contributed by atoms with Crippen molar-refractivity contribution in [3.63, 3.8) is 0 Å². The molecule has 1 unspecified atom stereocenters. The average Bonchev–Trinajstić information content (AvgIpc) is 2.85. The molecular formula is C23H29N3O6. The molecule has 2 aliphatic rings. The second kappa shape index (κ2) is 11.0. The van der Waals surface area contributed by atoms with Crippen LogP contribution in [0.5, 0.6) is 5.75 Å². The van der Waals surface area contributed by atoms with Crippen molar-refractivity contribution < 1.29 is 28.6 Å². The second-order valence-corrected chi connectivity index (χ2v) is 7.83. The molecule has 32 heavy (non-hydrogen) atoms. The third-order valence-electron chi connectivity index (χ3n) is 6.04. The first kappa shape index (κ1) is 23.6. The van der Waals surface area contributed by atoms with Crippen LogP contribution in [0.25, 0.3) is 0 Å². The number of hydrogen-bond donors (Lipinski definition) is 2. The molecule has 9 nitrogen and oxygen atoms in total. The lowest BCUT2D eigenvalue weighted by Gasteiger charge is -2.36. The molecule has 2 aliphatic heterocycles. The van der Waals surface area contributed by atoms with Crippen molar-refractivity contribution >= 4 is 23.5 Å². The lowest BCUT2D eigenvalue weighted by Crippen LogP contribution is -2.43. The largest absolute Gasteiger partial charge is 0.496 e. The van der Waals surface area contributed by atoms with Gasteiger partial charge in [0.2, 0.25) is 0 Å². The summed E-state index contributed by atoms with van der Waals surface area (Å²) in [6.07, 6.45) is 2.47. The fourth-order valence-corrected chi connectivity index (χ4v) is 4.27. The summed E-state index contributed by atoms with van der Waals surface area (Å²) in [4.78, 5) is 37.2. The molecule has 0 spiro atoms. The van der Waals surface area contributed by atoms with Gasteiger partial charge in [0.05, 0.1) is 18.7 Å². The molecule has 3 rings (SSSR count). The van der Waals surface area contributed by atoms with Crippen LogP contribution < -0.4 is 20.3 Å². The van der Waals surface area contributed by atoms with E-state index in [2.05, 4.69) is 15.5 Å². The SMILES string of the molecule is COc1cc(N2CCC(C(OC)OC)CC2)ccc1C(=O)NC1CCC(=C=O)NC1=C=O. The first-order chi connectivity index (χ1) is 15.5. The standard InChI is InChI=1S/C23H29N3O6/c1-30-21-12-17(26-10-8-15(9-11-26)23(31-2)32-3)5-6-18(21)22(29)25-19-7-4-16(13-27)24-20(19)14-28/h5-6,12,15,19,23-24H,4,7-11H2,1-3H3,(H,25,29). The average molecular weight is 444 g/mol. The molecule has 172 valence electrons. The first-order valence-electron chi connectivity index (χ1n) is 10.6. The van der Waals surface area contributed by atoms with Crippen molar-refractivity contribution in [3.8, 4) is 5.75 Å². The van der Waals surface area contributed by atoms with Gasteiger partial charge in [0.15, 0.2) is 6.29 Å². The second-order valence-electron chi connectivity index (χ2n) is 7.83. The highest BCUT2D eigenvalue weighted by Crippen LogP contribution is 2.31. The Morgan fingerprint density at radius 1 is 1.12 bits per heavy atom. The molecule has 0 aliphatic carbocycles. The topological polar surface area (TPSA) is 106 Å². The van der Waals surface area contributed by atoms with Gasteiger partial charge in [-0.25, -0.2) is 9.59 Å². The van der Waals surface area contributed by atoms with Gasteiger partial charge < -0.3 is 29.7 Å². The van der Waals surface area contributed by atoms with Gasteiger partial charge in [-0.1, -0.05) is 0 Å². The molecule has 1 aromatic carbocycles. The smallest absolute Gasteiger partial charge is 0.255 e. The number of piperidine rings is 2. The zero-order valence-corrected chi connectivity index (χ0v) is 18.6. The molecule has 2 fully saturated rings. The van der Waals surface area contributed by atoms with Crippen molar-refractivity contribution in [1.82, 2.24) is 10.6 Å². The van der Waals surface area contributed by atoms with E-state index in [1.807, 2.05) is 12.1 Å². The van der Waals surface area contributed by atoms with Crippen molar-refractivity contribution in [2.24, 2.45) is 5.92 Å². The number of nitrogens with one attached hydrogen (secondary N) is 2. The predicted octanol–water partition coefficient (Wildman–Crippen LogP) is 1.44. The maximum Gasteiger partial charge on any atom is 0.255 e. The minimum absolute atomic E-state index is 0.117. The molecule has 1 aromatic rings. The molecule has 2 saturated heterocycles. The maximum absolute atomic E-state index is 12.9. The van der Waals surface area contributed by atoms with Crippen LogP contribution in [0.4, 0.5) is 5.69 Å². The molecule has 1 atom stereocenters. The van der Waals surface area contributed by atoms with Gasteiger partial charge >= 0.3 is 0 Å². The van der Waals surface area contributed by atoms with E-state index in [0.717, 1.165) is 31.6 Å². The van der Waals surface area contributed by atoms with E-state index in [1.165, 1.54) is 7.11 Å². The number of ether oxygens (including phenoxy) is 3. The van der Waals surface area contributed by atoms with E-state index < -0.39 is 6.04 Å². The number of methoxy groups -OCH3 is 3. The maximum atomic E-state index is 12.9. The predicted molar refractivity (Wildman–Crippen MR) is 118 cm³/mol. The van der Waals surface area contributed by atoms with E-state index >= 15 is 0 Å². The summed E-state index contributed by atoms with van der Waals surface area (Å²) in [5, 5.41) is 5.50. The number of allylic oxidation sites excluding steroid dienone is 1. The third-order valence-corrected chi connectivity index (χ3v) is 6.04. The van der Waals surface area contributed by atoms with Crippen LogP contribution in [-0.4, -0.2) is 64.5 Å². The van der Waals surface area contributed by atoms with Crippen LogP contribution in [0.1, 0.15) is 36.0 Å². The number of carbonyl (C=O) groups excluding carboxylic acids is 3. The Morgan fingerprint density at radius 3 is 2.44 bits per heavy atom. The van der Waals surface area contributed by atoms with Crippen molar-refractivity contribution in [2.75, 3.05) is 39.3 Å². The van der Waals surface area contributed by atoms with Crippen LogP contribution in [0.2, 0.25) is 0 Å². The summed E-state index contributed by atoms with van der Waals surface area (Å²) in [6.45, 7) is 1.69. The van der Waals surface area contributed by atoms with Gasteiger partial charge in [-0.3, -0.25) is 4.79 Å². The monoisotopic (exact) mass is 443 g/mol. The Balaban J connectivity index is 1.68. The van der Waals surface area contributed by atoms with Gasteiger partial charge in [-0.2, -0.15) is 0 Å². The zero-order chi connectivity index (χ0) is 23.1. The van der Waals surface area contributed by atoms with E-state index in [0.29, 0.717) is 30.1 Å². The lowest BCUT2D eigenvalue weighted by atomic mass is 9.95. The van der Waals surface area contributed by atoms with Gasteiger partial charge in [0.25, 0.3) is 5.91 Å². The molecule has 2 heterocycles. The number of nitrogens with zero attached hydrogens (tertiary/aromatic N) is 1. The highest BCUT2D eigenvalue weighted by Gasteiger charge is 2.28. The van der Waals surface area contributed by atoms with Crippen molar-refractivity contribution in [3.05, 3.63) is 35.2 Å². The van der Waals surface area contributed by atoms with Crippen molar-refractivity contribution in [2.45, 2.75) is 38.0 Å². The first-order valence-corrected chi connectivity index (χ1v) is 10.6. The molecule has 1 amide bonds. The summed E-state index contributed by atoms with van der Waals surface area (Å²) in [6, 6.07) is 4.91. The number of carbonyl (C=O) groups is 1. The number of amides is 1. The fraction of sp³-hybridized carbons (Fsp3) is 0.522. The third kappa shape index (κ3) is 5.21. The summed E-state index contributed by atoms with van der Waals surface area (Å²) in [5.74, 6) is 3.93.